The normalized spacial score (nSPS) is 12.9. The van der Waals surface area contributed by atoms with Crippen molar-refractivity contribution in [2.24, 2.45) is 5.84 Å². The minimum atomic E-state index is -0.217. The molecule has 0 radical (unpaired) electrons. The van der Waals surface area contributed by atoms with Crippen molar-refractivity contribution in [3.63, 3.8) is 0 Å². The van der Waals surface area contributed by atoms with Crippen molar-refractivity contribution in [2.45, 2.75) is 32.7 Å². The summed E-state index contributed by atoms with van der Waals surface area (Å²) in [6, 6.07) is 4.77. The molecular formula is C13H17FN4S. The molecule has 0 spiro atoms. The van der Waals surface area contributed by atoms with E-state index in [2.05, 4.69) is 28.9 Å². The number of rotatable bonds is 4. The number of hydrazine groups is 1. The van der Waals surface area contributed by atoms with Gasteiger partial charge in [0.2, 0.25) is 0 Å². The Kier molecular flexibility index (Phi) is 4.24. The largest absolute Gasteiger partial charge is 0.271 e. The standard InChI is InChI=1S/C13H17FN4S/c1-7(2)11-13(19-18-17-11)12(16-15)9-4-5-10(14)8(3)6-9/h4-7,12,16H,15H2,1-3H3. The van der Waals surface area contributed by atoms with Crippen LogP contribution in [0.25, 0.3) is 0 Å². The molecule has 3 N–H and O–H groups in total. The first-order valence-electron chi connectivity index (χ1n) is 6.09. The summed E-state index contributed by atoms with van der Waals surface area (Å²) < 4.78 is 17.3. The van der Waals surface area contributed by atoms with Gasteiger partial charge in [0.25, 0.3) is 0 Å². The van der Waals surface area contributed by atoms with Gasteiger partial charge in [0.05, 0.1) is 16.6 Å². The molecule has 2 aromatic rings. The van der Waals surface area contributed by atoms with E-state index in [4.69, 9.17) is 5.84 Å². The molecule has 6 heteroatoms. The van der Waals surface area contributed by atoms with Crippen LogP contribution in [0.3, 0.4) is 0 Å². The summed E-state index contributed by atoms with van der Waals surface area (Å²) in [6.07, 6.45) is 0. The molecule has 1 unspecified atom stereocenters. The van der Waals surface area contributed by atoms with Crippen LogP contribution in [-0.2, 0) is 0 Å². The van der Waals surface area contributed by atoms with Crippen molar-refractivity contribution < 1.29 is 4.39 Å². The monoisotopic (exact) mass is 280 g/mol. The Hall–Kier alpha value is -1.37. The van der Waals surface area contributed by atoms with E-state index in [1.54, 1.807) is 19.1 Å². The van der Waals surface area contributed by atoms with Gasteiger partial charge in [-0.1, -0.05) is 30.5 Å². The average molecular weight is 280 g/mol. The summed E-state index contributed by atoms with van der Waals surface area (Å²) in [7, 11) is 0. The highest BCUT2D eigenvalue weighted by Crippen LogP contribution is 2.30. The van der Waals surface area contributed by atoms with Gasteiger partial charge in [-0.2, -0.15) is 0 Å². The highest BCUT2D eigenvalue weighted by atomic mass is 32.1. The minimum absolute atomic E-state index is 0.211. The van der Waals surface area contributed by atoms with E-state index < -0.39 is 0 Å². The van der Waals surface area contributed by atoms with Gasteiger partial charge < -0.3 is 0 Å². The average Bonchev–Trinajstić information content (AvgIpc) is 2.84. The minimum Gasteiger partial charge on any atom is -0.271 e. The van der Waals surface area contributed by atoms with Crippen molar-refractivity contribution in [1.29, 1.82) is 0 Å². The van der Waals surface area contributed by atoms with E-state index in [1.807, 2.05) is 0 Å². The summed E-state index contributed by atoms with van der Waals surface area (Å²) in [5.74, 6) is 5.71. The highest BCUT2D eigenvalue weighted by Gasteiger charge is 2.22. The third-order valence-electron chi connectivity index (χ3n) is 3.03. The van der Waals surface area contributed by atoms with Gasteiger partial charge in [-0.05, 0) is 41.6 Å². The van der Waals surface area contributed by atoms with E-state index in [9.17, 15) is 4.39 Å². The summed E-state index contributed by atoms with van der Waals surface area (Å²) in [6.45, 7) is 5.86. The molecule has 0 bridgehead atoms. The molecule has 0 saturated heterocycles. The number of hydrogen-bond donors (Lipinski definition) is 2. The van der Waals surface area contributed by atoms with Gasteiger partial charge in [-0.15, -0.1) is 5.10 Å². The maximum absolute atomic E-state index is 13.3. The van der Waals surface area contributed by atoms with E-state index in [0.717, 1.165) is 16.1 Å². The Morgan fingerprint density at radius 3 is 2.68 bits per heavy atom. The third-order valence-corrected chi connectivity index (χ3v) is 3.84. The van der Waals surface area contributed by atoms with Crippen LogP contribution in [0, 0.1) is 12.7 Å². The first kappa shape index (κ1) is 14.0. The zero-order valence-corrected chi connectivity index (χ0v) is 12.0. The van der Waals surface area contributed by atoms with Gasteiger partial charge in [0.1, 0.15) is 5.82 Å². The van der Waals surface area contributed by atoms with E-state index >= 15 is 0 Å². The van der Waals surface area contributed by atoms with Gasteiger partial charge >= 0.3 is 0 Å². The fourth-order valence-electron chi connectivity index (χ4n) is 1.98. The third kappa shape index (κ3) is 2.80. The van der Waals surface area contributed by atoms with Crippen molar-refractivity contribution in [3.05, 3.63) is 45.7 Å². The van der Waals surface area contributed by atoms with Crippen LogP contribution in [-0.4, -0.2) is 9.59 Å². The SMILES string of the molecule is Cc1cc(C(NN)c2snnc2C(C)C)ccc1F. The van der Waals surface area contributed by atoms with Crippen LogP contribution in [0.15, 0.2) is 18.2 Å². The summed E-state index contributed by atoms with van der Waals surface area (Å²) >= 11 is 1.32. The molecule has 0 fully saturated rings. The van der Waals surface area contributed by atoms with Gasteiger partial charge in [-0.3, -0.25) is 5.84 Å². The van der Waals surface area contributed by atoms with Crippen LogP contribution in [0.4, 0.5) is 4.39 Å². The predicted molar refractivity (Wildman–Crippen MR) is 74.3 cm³/mol. The fraction of sp³-hybridized carbons (Fsp3) is 0.385. The molecule has 0 aliphatic carbocycles. The molecule has 19 heavy (non-hydrogen) atoms. The molecule has 0 aliphatic heterocycles. The van der Waals surface area contributed by atoms with E-state index in [-0.39, 0.29) is 17.8 Å². The Balaban J connectivity index is 2.44. The molecule has 1 aromatic heterocycles. The zero-order valence-electron chi connectivity index (χ0n) is 11.1. The maximum atomic E-state index is 13.3. The van der Waals surface area contributed by atoms with E-state index in [1.165, 1.54) is 17.6 Å². The second kappa shape index (κ2) is 5.73. The molecule has 0 amide bonds. The van der Waals surface area contributed by atoms with Gasteiger partial charge in [0, 0.05) is 0 Å². The quantitative estimate of drug-likeness (QED) is 0.667. The van der Waals surface area contributed by atoms with Crippen LogP contribution in [0.5, 0.6) is 0 Å². The first-order valence-corrected chi connectivity index (χ1v) is 6.86. The number of nitrogens with two attached hydrogens (primary N) is 1. The zero-order chi connectivity index (χ0) is 14.0. The molecule has 1 aromatic carbocycles. The number of halogens is 1. The lowest BCUT2D eigenvalue weighted by molar-refractivity contribution is 0.606. The predicted octanol–water partition coefficient (Wildman–Crippen LogP) is 2.66. The molecular weight excluding hydrogens is 263 g/mol. The van der Waals surface area contributed by atoms with Crippen LogP contribution < -0.4 is 11.3 Å². The van der Waals surface area contributed by atoms with Crippen LogP contribution >= 0.6 is 11.5 Å². The number of aryl methyl sites for hydroxylation is 1. The highest BCUT2D eigenvalue weighted by molar-refractivity contribution is 7.05. The lowest BCUT2D eigenvalue weighted by Gasteiger charge is -2.17. The topological polar surface area (TPSA) is 63.8 Å². The van der Waals surface area contributed by atoms with E-state index in [0.29, 0.717) is 5.56 Å². The molecule has 4 nitrogen and oxygen atoms in total. The number of nitrogens with one attached hydrogen (secondary N) is 1. The molecule has 1 heterocycles. The van der Waals surface area contributed by atoms with Gasteiger partial charge in [-0.25, -0.2) is 9.82 Å². The number of nitrogens with zero attached hydrogens (tertiary/aromatic N) is 2. The Bertz CT molecular complexity index is 568. The second-order valence-electron chi connectivity index (χ2n) is 4.79. The Labute approximate surface area is 116 Å². The molecule has 102 valence electrons. The summed E-state index contributed by atoms with van der Waals surface area (Å²) in [4.78, 5) is 0.975. The Morgan fingerprint density at radius 2 is 2.11 bits per heavy atom. The Morgan fingerprint density at radius 1 is 1.37 bits per heavy atom. The lowest BCUT2D eigenvalue weighted by atomic mass is 9.99. The summed E-state index contributed by atoms with van der Waals surface area (Å²) in [5.41, 5.74) is 5.21. The molecule has 2 rings (SSSR count). The maximum Gasteiger partial charge on any atom is 0.126 e. The first-order chi connectivity index (χ1) is 9.04. The molecule has 1 atom stereocenters. The number of aromatic nitrogens is 2. The van der Waals surface area contributed by atoms with Crippen molar-refractivity contribution in [2.75, 3.05) is 0 Å². The second-order valence-corrected chi connectivity index (χ2v) is 5.57. The fourth-order valence-corrected chi connectivity index (χ4v) is 2.87. The smallest absolute Gasteiger partial charge is 0.126 e. The van der Waals surface area contributed by atoms with Crippen LogP contribution in [0.2, 0.25) is 0 Å². The number of benzene rings is 1. The molecule has 0 aliphatic rings. The van der Waals surface area contributed by atoms with Crippen molar-refractivity contribution >= 4 is 11.5 Å². The molecule has 0 saturated carbocycles. The van der Waals surface area contributed by atoms with Crippen LogP contribution in [0.1, 0.15) is 47.5 Å². The van der Waals surface area contributed by atoms with Gasteiger partial charge in [0.15, 0.2) is 0 Å². The number of hydrogen-bond acceptors (Lipinski definition) is 5. The van der Waals surface area contributed by atoms with Crippen molar-refractivity contribution in [1.82, 2.24) is 15.0 Å². The summed E-state index contributed by atoms with van der Waals surface area (Å²) in [5, 5.41) is 4.15. The van der Waals surface area contributed by atoms with Crippen molar-refractivity contribution in [3.8, 4) is 0 Å². The lowest BCUT2D eigenvalue weighted by Crippen LogP contribution is -2.29.